The average Bonchev–Trinajstić information content (AvgIpc) is 3.46. The van der Waals surface area contributed by atoms with E-state index in [2.05, 4.69) is 25.5 Å². The van der Waals surface area contributed by atoms with E-state index in [1.807, 2.05) is 30.6 Å². The Balaban J connectivity index is 0.000000227. The second-order valence-electron chi connectivity index (χ2n) is 7.11. The van der Waals surface area contributed by atoms with Crippen molar-refractivity contribution in [2.75, 3.05) is 31.3 Å². The van der Waals surface area contributed by atoms with Gasteiger partial charge in [-0.2, -0.15) is 10.1 Å². The summed E-state index contributed by atoms with van der Waals surface area (Å²) < 4.78 is 3.42. The Labute approximate surface area is 180 Å². The molecule has 0 atom stereocenters. The van der Waals surface area contributed by atoms with Crippen molar-refractivity contribution in [3.05, 3.63) is 36.8 Å². The molecule has 0 unspecified atom stereocenters. The molecule has 0 bridgehead atoms. The Morgan fingerprint density at radius 3 is 2.19 bits per heavy atom. The maximum absolute atomic E-state index is 7.62. The third kappa shape index (κ3) is 5.68. The van der Waals surface area contributed by atoms with Gasteiger partial charge in [-0.15, -0.1) is 5.10 Å². The van der Waals surface area contributed by atoms with Gasteiger partial charge in [0.05, 0.1) is 25.1 Å². The van der Waals surface area contributed by atoms with Gasteiger partial charge in [-0.05, 0) is 12.1 Å². The van der Waals surface area contributed by atoms with Crippen LogP contribution in [-0.2, 0) is 0 Å². The van der Waals surface area contributed by atoms with E-state index in [1.165, 1.54) is 38.5 Å². The van der Waals surface area contributed by atoms with Gasteiger partial charge in [-0.3, -0.25) is 0 Å². The van der Waals surface area contributed by atoms with Crippen LogP contribution in [0.25, 0.3) is 22.4 Å². The average molecular weight is 427 g/mol. The van der Waals surface area contributed by atoms with Gasteiger partial charge in [0.15, 0.2) is 11.5 Å². The Hall–Kier alpha value is -3.24. The highest BCUT2D eigenvalue weighted by Crippen LogP contribution is 2.28. The lowest BCUT2D eigenvalue weighted by Crippen LogP contribution is -2.05. The minimum atomic E-state index is -0.125. The molecule has 0 aliphatic heterocycles. The lowest BCUT2D eigenvalue weighted by atomic mass is 10.0. The molecule has 4 aromatic heterocycles. The van der Waals surface area contributed by atoms with E-state index in [9.17, 15) is 0 Å². The van der Waals surface area contributed by atoms with E-state index < -0.39 is 0 Å². The van der Waals surface area contributed by atoms with Gasteiger partial charge in [0.25, 0.3) is 0 Å². The van der Waals surface area contributed by atoms with E-state index in [0.717, 1.165) is 22.4 Å². The minimum Gasteiger partial charge on any atom is -0.394 e. The number of aliphatic hydroxyl groups is 2. The molecule has 0 radical (unpaired) electrons. The molecule has 4 heterocycles. The lowest BCUT2D eigenvalue weighted by molar-refractivity contribution is 0.186. The molecular formula is C21H30N8O2. The van der Waals surface area contributed by atoms with Crippen molar-refractivity contribution in [1.82, 2.24) is 29.2 Å². The van der Waals surface area contributed by atoms with Gasteiger partial charge in [-0.25, -0.2) is 14.0 Å². The predicted molar refractivity (Wildman–Crippen MR) is 121 cm³/mol. The van der Waals surface area contributed by atoms with Crippen LogP contribution in [0, 0.1) is 0 Å². The first-order chi connectivity index (χ1) is 15.2. The molecule has 5 N–H and O–H groups in total. The molecule has 0 spiro atoms. The fourth-order valence-electron chi connectivity index (χ4n) is 3.45. The zero-order valence-corrected chi connectivity index (χ0v) is 17.8. The number of hydrogen-bond acceptors (Lipinski definition) is 8. The number of aromatic nitrogens is 6. The van der Waals surface area contributed by atoms with Crippen molar-refractivity contribution in [3.63, 3.8) is 0 Å². The molecule has 10 heteroatoms. The summed E-state index contributed by atoms with van der Waals surface area (Å²) in [4.78, 5) is 8.82. The van der Waals surface area contributed by atoms with Crippen molar-refractivity contribution >= 4 is 22.9 Å². The first kappa shape index (κ1) is 22.4. The van der Waals surface area contributed by atoms with Crippen LogP contribution in [0.2, 0.25) is 0 Å². The molecule has 31 heavy (non-hydrogen) atoms. The van der Waals surface area contributed by atoms with Gasteiger partial charge in [-0.1, -0.05) is 38.5 Å². The molecule has 1 fully saturated rings. The number of hydrogen-bond donors (Lipinski definition) is 4. The zero-order chi connectivity index (χ0) is 22.1. The summed E-state index contributed by atoms with van der Waals surface area (Å²) in [5.74, 6) is 0.880. The second kappa shape index (κ2) is 11.2. The van der Waals surface area contributed by atoms with Gasteiger partial charge in [0.2, 0.25) is 5.95 Å². The monoisotopic (exact) mass is 426 g/mol. The highest BCUT2D eigenvalue weighted by molar-refractivity contribution is 5.87. The molecule has 166 valence electrons. The van der Waals surface area contributed by atoms with Gasteiger partial charge >= 0.3 is 0 Å². The molecule has 0 aromatic carbocycles. The van der Waals surface area contributed by atoms with Crippen molar-refractivity contribution in [1.29, 1.82) is 0 Å². The summed E-state index contributed by atoms with van der Waals surface area (Å²) in [6.07, 6.45) is 14.4. The summed E-state index contributed by atoms with van der Waals surface area (Å²) in [6, 6.07) is 5.71. The van der Waals surface area contributed by atoms with Crippen molar-refractivity contribution in [2.45, 2.75) is 38.5 Å². The normalized spacial score (nSPS) is 13.3. The lowest BCUT2D eigenvalue weighted by Gasteiger charge is -2.06. The predicted octanol–water partition coefficient (Wildman–Crippen LogP) is 2.37. The van der Waals surface area contributed by atoms with E-state index >= 15 is 0 Å². The van der Waals surface area contributed by atoms with Crippen LogP contribution in [0.5, 0.6) is 0 Å². The smallest absolute Gasteiger partial charge is 0.240 e. The highest BCUT2D eigenvalue weighted by atomic mass is 16.3. The third-order valence-electron chi connectivity index (χ3n) is 4.90. The maximum Gasteiger partial charge on any atom is 0.240 e. The number of nitrogen functional groups attached to an aromatic ring is 1. The van der Waals surface area contributed by atoms with Crippen LogP contribution in [0.1, 0.15) is 38.5 Å². The van der Waals surface area contributed by atoms with E-state index in [4.69, 9.17) is 15.9 Å². The van der Waals surface area contributed by atoms with Crippen LogP contribution in [-0.4, -0.2) is 59.7 Å². The van der Waals surface area contributed by atoms with Crippen molar-refractivity contribution in [3.8, 4) is 11.3 Å². The molecular weight excluding hydrogens is 396 g/mol. The number of anilines is 2. The molecule has 10 nitrogen and oxygen atoms in total. The maximum atomic E-state index is 7.62. The quantitative estimate of drug-likeness (QED) is 0.392. The fourth-order valence-corrected chi connectivity index (χ4v) is 3.45. The van der Waals surface area contributed by atoms with Crippen LogP contribution in [0.4, 0.5) is 11.8 Å². The SMILES string of the molecule is C1CCCCC1.CNc1nc(N)nn2ccc(-c3ccn4nccc4n3)c12.OCCO. The molecule has 5 rings (SSSR count). The summed E-state index contributed by atoms with van der Waals surface area (Å²) in [5.41, 5.74) is 9.08. The zero-order valence-electron chi connectivity index (χ0n) is 17.8. The third-order valence-corrected chi connectivity index (χ3v) is 4.90. The van der Waals surface area contributed by atoms with E-state index in [-0.39, 0.29) is 19.2 Å². The molecule has 4 aromatic rings. The van der Waals surface area contributed by atoms with Crippen molar-refractivity contribution in [2.24, 2.45) is 0 Å². The van der Waals surface area contributed by atoms with Crippen LogP contribution in [0.15, 0.2) is 36.8 Å². The Morgan fingerprint density at radius 1 is 0.935 bits per heavy atom. The fraction of sp³-hybridized carbons (Fsp3) is 0.429. The Kier molecular flexibility index (Phi) is 8.13. The molecule has 1 aliphatic carbocycles. The number of nitrogens with zero attached hydrogens (tertiary/aromatic N) is 6. The van der Waals surface area contributed by atoms with Gasteiger partial charge < -0.3 is 21.3 Å². The van der Waals surface area contributed by atoms with Gasteiger partial charge in [0, 0.05) is 31.1 Å². The van der Waals surface area contributed by atoms with Crippen LogP contribution < -0.4 is 11.1 Å². The summed E-state index contributed by atoms with van der Waals surface area (Å²) in [6.45, 7) is -0.250. The van der Waals surface area contributed by atoms with E-state index in [1.54, 1.807) is 22.3 Å². The number of nitrogens with two attached hydrogens (primary N) is 1. The summed E-state index contributed by atoms with van der Waals surface area (Å²) in [5, 5.41) is 26.6. The Bertz CT molecular complexity index is 1070. The van der Waals surface area contributed by atoms with Crippen LogP contribution in [0.3, 0.4) is 0 Å². The number of aliphatic hydroxyl groups excluding tert-OH is 2. The van der Waals surface area contributed by atoms with Crippen LogP contribution >= 0.6 is 0 Å². The van der Waals surface area contributed by atoms with Crippen molar-refractivity contribution < 1.29 is 10.2 Å². The molecule has 0 saturated heterocycles. The standard InChI is InChI=1S/C13H12N8.C6H12.C2H6O2/c1-15-12-11-8(3-6-21(11)19-13(14)18-12)9-4-7-20-10(17-9)2-5-16-20;1-2-4-6-5-3-1;3-1-2-4/h2-7H,1H3,(H3,14,15,18,19);1-6H2;3-4H,1-2H2. The molecule has 1 saturated carbocycles. The first-order valence-corrected chi connectivity index (χ1v) is 10.5. The van der Waals surface area contributed by atoms with Gasteiger partial charge in [0.1, 0.15) is 5.52 Å². The number of fused-ring (bicyclic) bond motifs is 2. The minimum absolute atomic E-state index is 0.125. The highest BCUT2D eigenvalue weighted by Gasteiger charge is 2.14. The topological polar surface area (TPSA) is 139 Å². The second-order valence-corrected chi connectivity index (χ2v) is 7.11. The molecule has 0 amide bonds. The number of rotatable bonds is 3. The Morgan fingerprint density at radius 2 is 1.58 bits per heavy atom. The summed E-state index contributed by atoms with van der Waals surface area (Å²) in [7, 11) is 1.80. The largest absolute Gasteiger partial charge is 0.394 e. The first-order valence-electron chi connectivity index (χ1n) is 10.5. The van der Waals surface area contributed by atoms with E-state index in [0.29, 0.717) is 5.82 Å². The summed E-state index contributed by atoms with van der Waals surface area (Å²) >= 11 is 0. The number of nitrogens with one attached hydrogen (secondary N) is 1. The molecule has 1 aliphatic rings.